The molecule has 2 aromatic rings. The van der Waals surface area contributed by atoms with Crippen molar-refractivity contribution in [2.24, 2.45) is 4.99 Å². The van der Waals surface area contributed by atoms with Gasteiger partial charge in [0.2, 0.25) is 0 Å². The van der Waals surface area contributed by atoms with E-state index in [-0.39, 0.29) is 41.5 Å². The fourth-order valence-corrected chi connectivity index (χ4v) is 2.69. The van der Waals surface area contributed by atoms with E-state index in [4.69, 9.17) is 4.52 Å². The lowest BCUT2D eigenvalue weighted by molar-refractivity contribution is 0.391. The topological polar surface area (TPSA) is 53.7 Å². The van der Waals surface area contributed by atoms with Crippen LogP contribution in [0.25, 0.3) is 0 Å². The number of nitrogens with zero attached hydrogens (tertiary/aromatic N) is 3. The lowest BCUT2D eigenvalue weighted by atomic mass is 10.1. The third kappa shape index (κ3) is 4.03. The van der Waals surface area contributed by atoms with Crippen molar-refractivity contribution in [3.8, 4) is 0 Å². The first-order chi connectivity index (χ1) is 11.1. The number of aliphatic imine (C=N–C) groups is 1. The van der Waals surface area contributed by atoms with Gasteiger partial charge >= 0.3 is 0 Å². The summed E-state index contributed by atoms with van der Waals surface area (Å²) in [5, 5.41) is 7.09. The van der Waals surface area contributed by atoms with Crippen molar-refractivity contribution < 1.29 is 13.3 Å². The summed E-state index contributed by atoms with van der Waals surface area (Å²) in [5.74, 6) is -0.513. The summed E-state index contributed by atoms with van der Waals surface area (Å²) in [6.07, 6.45) is 2.19. The number of aromatic nitrogens is 1. The maximum absolute atomic E-state index is 13.8. The Bertz CT molecular complexity index is 688. The number of hydrogen-bond donors (Lipinski definition) is 1. The minimum absolute atomic E-state index is 0. The molecule has 1 aliphatic rings. The highest BCUT2D eigenvalue weighted by Crippen LogP contribution is 2.43. The van der Waals surface area contributed by atoms with E-state index in [0.29, 0.717) is 18.9 Å². The van der Waals surface area contributed by atoms with E-state index >= 15 is 0 Å². The second-order valence-electron chi connectivity index (χ2n) is 5.62. The van der Waals surface area contributed by atoms with Gasteiger partial charge in [0.25, 0.3) is 0 Å². The van der Waals surface area contributed by atoms with Crippen molar-refractivity contribution in [3.05, 3.63) is 53.4 Å². The van der Waals surface area contributed by atoms with Crippen LogP contribution in [0.3, 0.4) is 0 Å². The van der Waals surface area contributed by atoms with Crippen molar-refractivity contribution in [1.29, 1.82) is 0 Å². The second-order valence-corrected chi connectivity index (χ2v) is 5.62. The van der Waals surface area contributed by atoms with Crippen molar-refractivity contribution in [1.82, 2.24) is 15.4 Å². The Kier molecular flexibility index (Phi) is 6.14. The Morgan fingerprint density at radius 2 is 2.08 bits per heavy atom. The highest BCUT2D eigenvalue weighted by atomic mass is 127. The van der Waals surface area contributed by atoms with E-state index in [1.54, 1.807) is 13.1 Å². The van der Waals surface area contributed by atoms with Crippen molar-refractivity contribution >= 4 is 29.9 Å². The van der Waals surface area contributed by atoms with Gasteiger partial charge in [-0.2, -0.15) is 0 Å². The largest absolute Gasteiger partial charge is 0.364 e. The molecular weight excluding hydrogens is 429 g/mol. The van der Waals surface area contributed by atoms with Crippen LogP contribution in [0.1, 0.15) is 23.6 Å². The predicted molar refractivity (Wildman–Crippen MR) is 97.4 cm³/mol. The average Bonchev–Trinajstić information content (AvgIpc) is 3.06. The average molecular weight is 448 g/mol. The van der Waals surface area contributed by atoms with Crippen LogP contribution in [0.15, 0.2) is 40.0 Å². The molecule has 3 rings (SSSR count). The van der Waals surface area contributed by atoms with E-state index in [1.165, 1.54) is 24.5 Å². The van der Waals surface area contributed by atoms with Crippen molar-refractivity contribution in [2.75, 3.05) is 14.1 Å². The highest BCUT2D eigenvalue weighted by Gasteiger charge is 2.42. The van der Waals surface area contributed by atoms with Crippen LogP contribution < -0.4 is 5.32 Å². The Morgan fingerprint density at radius 1 is 1.38 bits per heavy atom. The van der Waals surface area contributed by atoms with Gasteiger partial charge in [0.05, 0.1) is 6.54 Å². The minimum Gasteiger partial charge on any atom is -0.364 e. The molecule has 1 aliphatic carbocycles. The number of benzene rings is 1. The zero-order valence-electron chi connectivity index (χ0n) is 13.4. The SMILES string of the molecule is CN=C(NC1CC1c1c(F)cccc1F)N(C)Cc1ccon1.I. The van der Waals surface area contributed by atoms with Crippen molar-refractivity contribution in [3.63, 3.8) is 0 Å². The van der Waals surface area contributed by atoms with Gasteiger partial charge in [0.1, 0.15) is 23.6 Å². The molecule has 1 aromatic carbocycles. The molecule has 5 nitrogen and oxygen atoms in total. The molecule has 1 fully saturated rings. The fraction of sp³-hybridized carbons (Fsp3) is 0.375. The summed E-state index contributed by atoms with van der Waals surface area (Å²) < 4.78 is 32.4. The summed E-state index contributed by atoms with van der Waals surface area (Å²) in [5.41, 5.74) is 0.933. The molecule has 8 heteroatoms. The lowest BCUT2D eigenvalue weighted by Gasteiger charge is -2.21. The molecule has 0 saturated heterocycles. The molecule has 2 unspecified atom stereocenters. The van der Waals surface area contributed by atoms with Crippen LogP contribution in [-0.4, -0.2) is 36.2 Å². The van der Waals surface area contributed by atoms with Crippen molar-refractivity contribution in [2.45, 2.75) is 24.9 Å². The van der Waals surface area contributed by atoms with Gasteiger partial charge in [-0.3, -0.25) is 4.99 Å². The highest BCUT2D eigenvalue weighted by molar-refractivity contribution is 14.0. The monoisotopic (exact) mass is 448 g/mol. The van der Waals surface area contributed by atoms with E-state index in [2.05, 4.69) is 15.5 Å². The smallest absolute Gasteiger partial charge is 0.193 e. The van der Waals surface area contributed by atoms with Crippen LogP contribution >= 0.6 is 24.0 Å². The van der Waals surface area contributed by atoms with E-state index in [9.17, 15) is 8.78 Å². The molecule has 2 atom stereocenters. The molecule has 24 heavy (non-hydrogen) atoms. The van der Waals surface area contributed by atoms with E-state index < -0.39 is 11.6 Å². The first-order valence-corrected chi connectivity index (χ1v) is 7.37. The molecule has 1 heterocycles. The molecule has 0 bridgehead atoms. The van der Waals surface area contributed by atoms with Crippen LogP contribution in [0.5, 0.6) is 0 Å². The summed E-state index contributed by atoms with van der Waals surface area (Å²) >= 11 is 0. The van der Waals surface area contributed by atoms with Gasteiger partial charge in [-0.15, -0.1) is 24.0 Å². The summed E-state index contributed by atoms with van der Waals surface area (Å²) in [6.45, 7) is 0.529. The molecule has 0 radical (unpaired) electrons. The zero-order valence-corrected chi connectivity index (χ0v) is 15.7. The number of hydrogen-bond acceptors (Lipinski definition) is 3. The second kappa shape index (κ2) is 7.91. The minimum atomic E-state index is -0.495. The summed E-state index contributed by atoms with van der Waals surface area (Å²) in [7, 11) is 3.54. The van der Waals surface area contributed by atoms with Gasteiger partial charge in [-0.25, -0.2) is 8.78 Å². The van der Waals surface area contributed by atoms with E-state index in [1.807, 2.05) is 11.9 Å². The fourth-order valence-electron chi connectivity index (χ4n) is 2.69. The third-order valence-corrected chi connectivity index (χ3v) is 3.94. The molecule has 130 valence electrons. The van der Waals surface area contributed by atoms with Crippen LogP contribution in [0.4, 0.5) is 8.78 Å². The van der Waals surface area contributed by atoms with Gasteiger partial charge in [0.15, 0.2) is 5.96 Å². The third-order valence-electron chi connectivity index (χ3n) is 3.94. The van der Waals surface area contributed by atoms with Gasteiger partial charge in [-0.1, -0.05) is 11.2 Å². The first kappa shape index (κ1) is 18.6. The first-order valence-electron chi connectivity index (χ1n) is 7.37. The molecule has 0 aliphatic heterocycles. The molecular formula is C16H19F2IN4O. The van der Waals surface area contributed by atoms with Crippen LogP contribution in [0, 0.1) is 11.6 Å². The maximum atomic E-state index is 13.8. The summed E-state index contributed by atoms with van der Waals surface area (Å²) in [4.78, 5) is 6.09. The number of guanidine groups is 1. The predicted octanol–water partition coefficient (Wildman–Crippen LogP) is 3.13. The van der Waals surface area contributed by atoms with Gasteiger partial charge in [0, 0.05) is 37.7 Å². The molecule has 0 spiro atoms. The zero-order chi connectivity index (χ0) is 16.4. The Balaban J connectivity index is 0.00000208. The molecule has 1 saturated carbocycles. The summed E-state index contributed by atoms with van der Waals surface area (Å²) in [6, 6.07) is 5.71. The van der Waals surface area contributed by atoms with Gasteiger partial charge in [-0.05, 0) is 18.6 Å². The number of halogens is 3. The normalized spacial score (nSPS) is 19.6. The number of rotatable bonds is 4. The maximum Gasteiger partial charge on any atom is 0.193 e. The lowest BCUT2D eigenvalue weighted by Crippen LogP contribution is -2.40. The quantitative estimate of drug-likeness (QED) is 0.444. The standard InChI is InChI=1S/C16H18F2N4O.HI/c1-19-16(22(2)9-10-6-7-23-21-10)20-14-8-11(14)15-12(17)4-3-5-13(15)18;/h3-7,11,14H,8-9H2,1-2H3,(H,19,20);1H. The van der Waals surface area contributed by atoms with E-state index in [0.717, 1.165) is 5.69 Å². The number of nitrogens with one attached hydrogen (secondary N) is 1. The Hall–Kier alpha value is -1.71. The Morgan fingerprint density at radius 3 is 2.67 bits per heavy atom. The van der Waals surface area contributed by atoms with Crippen LogP contribution in [-0.2, 0) is 6.54 Å². The molecule has 0 amide bonds. The Labute approximate surface area is 156 Å². The molecule has 1 aromatic heterocycles. The molecule has 1 N–H and O–H groups in total. The van der Waals surface area contributed by atoms with Crippen LogP contribution in [0.2, 0.25) is 0 Å². The van der Waals surface area contributed by atoms with Gasteiger partial charge < -0.3 is 14.7 Å².